The third-order valence-corrected chi connectivity index (χ3v) is 4.07. The van der Waals surface area contributed by atoms with Gasteiger partial charge in [0.25, 0.3) is 5.91 Å². The minimum Gasteiger partial charge on any atom is -0.339 e. The van der Waals surface area contributed by atoms with Gasteiger partial charge >= 0.3 is 0 Å². The third-order valence-electron chi connectivity index (χ3n) is 4.07. The van der Waals surface area contributed by atoms with Crippen molar-refractivity contribution in [3.8, 4) is 0 Å². The van der Waals surface area contributed by atoms with Crippen LogP contribution >= 0.6 is 0 Å². The van der Waals surface area contributed by atoms with Gasteiger partial charge in [0.2, 0.25) is 0 Å². The van der Waals surface area contributed by atoms with Crippen LogP contribution in [0.5, 0.6) is 0 Å². The molecule has 2 rings (SSSR count). The Morgan fingerprint density at radius 3 is 2.33 bits per heavy atom. The Hall–Kier alpha value is -1.31. The maximum Gasteiger partial charge on any atom is 0.254 e. The van der Waals surface area contributed by atoms with E-state index < -0.39 is 0 Å². The predicted octanol–water partition coefficient (Wildman–Crippen LogP) is 3.79. The van der Waals surface area contributed by atoms with E-state index in [0.717, 1.165) is 24.0 Å². The summed E-state index contributed by atoms with van der Waals surface area (Å²) in [5.41, 5.74) is 1.92. The predicted molar refractivity (Wildman–Crippen MR) is 74.8 cm³/mol. The highest BCUT2D eigenvalue weighted by Gasteiger charge is 2.22. The summed E-state index contributed by atoms with van der Waals surface area (Å²) in [4.78, 5) is 14.5. The van der Waals surface area contributed by atoms with Crippen molar-refractivity contribution in [2.24, 2.45) is 0 Å². The summed E-state index contributed by atoms with van der Waals surface area (Å²) in [7, 11) is 1.96. The number of benzene rings is 1. The summed E-state index contributed by atoms with van der Waals surface area (Å²) in [6, 6.07) is 8.30. The van der Waals surface area contributed by atoms with Crippen molar-refractivity contribution in [3.05, 3.63) is 35.4 Å². The lowest BCUT2D eigenvalue weighted by atomic mass is 10.0. The van der Waals surface area contributed by atoms with Gasteiger partial charge in [-0.05, 0) is 31.4 Å². The first kappa shape index (κ1) is 13.1. The Kier molecular flexibility index (Phi) is 4.40. The van der Waals surface area contributed by atoms with E-state index in [2.05, 4.69) is 0 Å². The molecule has 1 saturated carbocycles. The molecule has 0 heterocycles. The molecular formula is C16H23NO. The molecule has 0 aliphatic heterocycles. The molecule has 0 bridgehead atoms. The molecule has 0 aromatic heterocycles. The first-order valence-electron chi connectivity index (χ1n) is 7.03. The van der Waals surface area contributed by atoms with Gasteiger partial charge in [0, 0.05) is 18.7 Å². The van der Waals surface area contributed by atoms with Gasteiger partial charge < -0.3 is 4.90 Å². The number of nitrogens with zero attached hydrogens (tertiary/aromatic N) is 1. The molecule has 1 aliphatic carbocycles. The Morgan fingerprint density at radius 2 is 1.72 bits per heavy atom. The third kappa shape index (κ3) is 2.92. The fourth-order valence-electron chi connectivity index (χ4n) is 2.81. The average Bonchev–Trinajstić information content (AvgIpc) is 2.66. The number of aryl methyl sites for hydroxylation is 1. The zero-order chi connectivity index (χ0) is 13.0. The smallest absolute Gasteiger partial charge is 0.254 e. The summed E-state index contributed by atoms with van der Waals surface area (Å²) in [6.07, 6.45) is 7.49. The molecule has 1 aromatic rings. The molecule has 1 fully saturated rings. The summed E-state index contributed by atoms with van der Waals surface area (Å²) < 4.78 is 0. The van der Waals surface area contributed by atoms with Crippen LogP contribution in [-0.2, 0) is 0 Å². The molecule has 0 saturated heterocycles. The van der Waals surface area contributed by atoms with Gasteiger partial charge in [-0.25, -0.2) is 0 Å². The minimum atomic E-state index is 0.181. The van der Waals surface area contributed by atoms with Crippen molar-refractivity contribution in [3.63, 3.8) is 0 Å². The Morgan fingerprint density at radius 1 is 1.11 bits per heavy atom. The van der Waals surface area contributed by atoms with Gasteiger partial charge in [-0.3, -0.25) is 4.79 Å². The molecule has 98 valence electrons. The zero-order valence-electron chi connectivity index (χ0n) is 11.5. The number of rotatable bonds is 2. The van der Waals surface area contributed by atoms with E-state index in [1.807, 2.05) is 43.1 Å². The molecule has 0 N–H and O–H groups in total. The van der Waals surface area contributed by atoms with Crippen LogP contribution < -0.4 is 0 Å². The Bertz CT molecular complexity index is 405. The normalized spacial score (nSPS) is 17.2. The molecule has 0 atom stereocenters. The molecule has 18 heavy (non-hydrogen) atoms. The van der Waals surface area contributed by atoms with Crippen molar-refractivity contribution in [2.45, 2.75) is 51.5 Å². The fraction of sp³-hybridized carbons (Fsp3) is 0.562. The number of hydrogen-bond acceptors (Lipinski definition) is 1. The largest absolute Gasteiger partial charge is 0.339 e. The van der Waals surface area contributed by atoms with Crippen molar-refractivity contribution < 1.29 is 4.79 Å². The highest BCUT2D eigenvalue weighted by Crippen LogP contribution is 2.22. The second-order valence-electron chi connectivity index (χ2n) is 5.38. The minimum absolute atomic E-state index is 0.181. The van der Waals surface area contributed by atoms with E-state index in [1.165, 1.54) is 25.7 Å². The standard InChI is InChI=1S/C16H23NO/c1-13-9-7-8-12-15(13)16(18)17(2)14-10-5-3-4-6-11-14/h7-9,12,14H,3-6,10-11H2,1-2H3. The number of amides is 1. The van der Waals surface area contributed by atoms with Crippen LogP contribution in [0.3, 0.4) is 0 Å². The first-order chi connectivity index (χ1) is 8.70. The van der Waals surface area contributed by atoms with Crippen LogP contribution in [0.1, 0.15) is 54.4 Å². The van der Waals surface area contributed by atoms with Crippen LogP contribution in [0.2, 0.25) is 0 Å². The van der Waals surface area contributed by atoms with E-state index >= 15 is 0 Å². The molecular weight excluding hydrogens is 222 g/mol. The monoisotopic (exact) mass is 245 g/mol. The summed E-state index contributed by atoms with van der Waals surface area (Å²) >= 11 is 0. The summed E-state index contributed by atoms with van der Waals surface area (Å²) in [6.45, 7) is 2.01. The second-order valence-corrected chi connectivity index (χ2v) is 5.38. The molecule has 1 amide bonds. The van der Waals surface area contributed by atoms with Gasteiger partial charge in [0.15, 0.2) is 0 Å². The van der Waals surface area contributed by atoms with Crippen molar-refractivity contribution in [2.75, 3.05) is 7.05 Å². The van der Waals surface area contributed by atoms with Gasteiger partial charge in [-0.1, -0.05) is 43.9 Å². The fourth-order valence-corrected chi connectivity index (χ4v) is 2.81. The van der Waals surface area contributed by atoms with Gasteiger partial charge in [0.1, 0.15) is 0 Å². The van der Waals surface area contributed by atoms with Gasteiger partial charge in [-0.15, -0.1) is 0 Å². The molecule has 2 heteroatoms. The van der Waals surface area contributed by atoms with E-state index in [9.17, 15) is 4.79 Å². The number of carbonyl (C=O) groups excluding carboxylic acids is 1. The van der Waals surface area contributed by atoms with Crippen molar-refractivity contribution in [1.29, 1.82) is 0 Å². The molecule has 1 aliphatic rings. The molecule has 0 unspecified atom stereocenters. The summed E-state index contributed by atoms with van der Waals surface area (Å²) in [5.74, 6) is 0.181. The second kappa shape index (κ2) is 6.03. The van der Waals surface area contributed by atoms with E-state index in [-0.39, 0.29) is 5.91 Å². The van der Waals surface area contributed by atoms with Crippen LogP contribution in [0.25, 0.3) is 0 Å². The Balaban J connectivity index is 2.10. The molecule has 0 radical (unpaired) electrons. The lowest BCUT2D eigenvalue weighted by molar-refractivity contribution is 0.0717. The van der Waals surface area contributed by atoms with Crippen LogP contribution in [-0.4, -0.2) is 23.9 Å². The molecule has 0 spiro atoms. The number of carbonyl (C=O) groups is 1. The highest BCUT2D eigenvalue weighted by atomic mass is 16.2. The number of hydrogen-bond donors (Lipinski definition) is 0. The van der Waals surface area contributed by atoms with E-state index in [0.29, 0.717) is 6.04 Å². The Labute approximate surface area is 110 Å². The first-order valence-corrected chi connectivity index (χ1v) is 7.03. The van der Waals surface area contributed by atoms with E-state index in [1.54, 1.807) is 0 Å². The average molecular weight is 245 g/mol. The van der Waals surface area contributed by atoms with Crippen molar-refractivity contribution in [1.82, 2.24) is 4.90 Å². The van der Waals surface area contributed by atoms with Crippen LogP contribution in [0.4, 0.5) is 0 Å². The van der Waals surface area contributed by atoms with Gasteiger partial charge in [-0.2, -0.15) is 0 Å². The topological polar surface area (TPSA) is 20.3 Å². The summed E-state index contributed by atoms with van der Waals surface area (Å²) in [5, 5.41) is 0. The lowest BCUT2D eigenvalue weighted by Crippen LogP contribution is -2.37. The lowest BCUT2D eigenvalue weighted by Gasteiger charge is -2.27. The van der Waals surface area contributed by atoms with Crippen LogP contribution in [0.15, 0.2) is 24.3 Å². The zero-order valence-corrected chi connectivity index (χ0v) is 11.5. The highest BCUT2D eigenvalue weighted by molar-refractivity contribution is 5.95. The SMILES string of the molecule is Cc1ccccc1C(=O)N(C)C1CCCCCC1. The molecule has 2 nitrogen and oxygen atoms in total. The van der Waals surface area contributed by atoms with Crippen LogP contribution in [0, 0.1) is 6.92 Å². The quantitative estimate of drug-likeness (QED) is 0.726. The molecule has 1 aromatic carbocycles. The van der Waals surface area contributed by atoms with Gasteiger partial charge in [0.05, 0.1) is 0 Å². The van der Waals surface area contributed by atoms with E-state index in [4.69, 9.17) is 0 Å². The van der Waals surface area contributed by atoms with Crippen molar-refractivity contribution >= 4 is 5.91 Å². The maximum absolute atomic E-state index is 12.5. The maximum atomic E-state index is 12.5.